The van der Waals surface area contributed by atoms with Crippen LogP contribution >= 0.6 is 0 Å². The van der Waals surface area contributed by atoms with Crippen LogP contribution in [-0.4, -0.2) is 26.9 Å². The molecule has 0 bridgehead atoms. The molecule has 0 aromatic heterocycles. The fourth-order valence-corrected chi connectivity index (χ4v) is 3.81. The van der Waals surface area contributed by atoms with Gasteiger partial charge in [0.2, 0.25) is 0 Å². The van der Waals surface area contributed by atoms with Crippen LogP contribution in [0, 0.1) is 11.6 Å². The number of rotatable bonds is 5. The van der Waals surface area contributed by atoms with E-state index in [4.69, 9.17) is 10.5 Å². The molecule has 112 valence electrons. The van der Waals surface area contributed by atoms with Crippen molar-refractivity contribution in [3.63, 3.8) is 0 Å². The zero-order chi connectivity index (χ0) is 14.8. The monoisotopic (exact) mass is 305 g/mol. The lowest BCUT2D eigenvalue weighted by molar-refractivity contribution is 0.104. The first kappa shape index (κ1) is 15.2. The summed E-state index contributed by atoms with van der Waals surface area (Å²) >= 11 is 0. The molecular weight excluding hydrogens is 288 g/mol. The quantitative estimate of drug-likeness (QED) is 0.847. The number of benzene rings is 1. The van der Waals surface area contributed by atoms with E-state index >= 15 is 0 Å². The van der Waals surface area contributed by atoms with Crippen LogP contribution in [0.1, 0.15) is 25.7 Å². The van der Waals surface area contributed by atoms with E-state index in [0.29, 0.717) is 19.4 Å². The summed E-state index contributed by atoms with van der Waals surface area (Å²) in [5.74, 6) is -2.58. The van der Waals surface area contributed by atoms with Crippen LogP contribution in [0.15, 0.2) is 17.0 Å². The van der Waals surface area contributed by atoms with Crippen molar-refractivity contribution in [2.45, 2.75) is 36.7 Å². The molecule has 0 aliphatic carbocycles. The van der Waals surface area contributed by atoms with Gasteiger partial charge in [0, 0.05) is 12.3 Å². The Labute approximate surface area is 116 Å². The molecular formula is C13H17F2NO3S. The second-order valence-electron chi connectivity index (χ2n) is 4.91. The number of sulfone groups is 1. The third-order valence-electron chi connectivity index (χ3n) is 3.29. The summed E-state index contributed by atoms with van der Waals surface area (Å²) in [4.78, 5) is -0.890. The van der Waals surface area contributed by atoms with E-state index in [9.17, 15) is 17.2 Å². The Morgan fingerprint density at radius 1 is 1.30 bits per heavy atom. The van der Waals surface area contributed by atoms with Crippen LogP contribution in [0.25, 0.3) is 0 Å². The predicted octanol–water partition coefficient (Wildman–Crippen LogP) is 2.28. The normalized spacial score (nSPS) is 19.4. The van der Waals surface area contributed by atoms with Gasteiger partial charge in [-0.25, -0.2) is 17.2 Å². The second-order valence-corrected chi connectivity index (χ2v) is 6.96. The minimum absolute atomic E-state index is 0.0614. The first-order chi connectivity index (χ1) is 9.40. The van der Waals surface area contributed by atoms with E-state index in [0.717, 1.165) is 25.0 Å². The van der Waals surface area contributed by atoms with Crippen molar-refractivity contribution in [2.24, 2.45) is 0 Å². The summed E-state index contributed by atoms with van der Waals surface area (Å²) in [6.07, 6.45) is 2.84. The molecule has 7 heteroatoms. The fourth-order valence-electron chi connectivity index (χ4n) is 2.35. The predicted molar refractivity (Wildman–Crippen MR) is 71.0 cm³/mol. The van der Waals surface area contributed by atoms with Crippen LogP contribution in [0.5, 0.6) is 0 Å². The van der Waals surface area contributed by atoms with Crippen molar-refractivity contribution in [2.75, 3.05) is 18.1 Å². The van der Waals surface area contributed by atoms with Crippen molar-refractivity contribution in [1.82, 2.24) is 0 Å². The van der Waals surface area contributed by atoms with Crippen molar-refractivity contribution in [1.29, 1.82) is 0 Å². The standard InChI is InChI=1S/C13H17F2NO3S/c14-11-7-9(16)8-12(15)13(11)20(17,18)6-2-4-10-3-1-5-19-10/h7-8,10H,1-6,16H2. The number of hydrogen-bond acceptors (Lipinski definition) is 4. The molecule has 0 radical (unpaired) electrons. The van der Waals surface area contributed by atoms with Crippen LogP contribution in [-0.2, 0) is 14.6 Å². The van der Waals surface area contributed by atoms with E-state index in [1.807, 2.05) is 0 Å². The van der Waals surface area contributed by atoms with Gasteiger partial charge in [-0.15, -0.1) is 0 Å². The summed E-state index contributed by atoms with van der Waals surface area (Å²) in [6, 6.07) is 1.63. The van der Waals surface area contributed by atoms with Gasteiger partial charge in [0.15, 0.2) is 9.84 Å². The highest BCUT2D eigenvalue weighted by atomic mass is 32.2. The lowest BCUT2D eigenvalue weighted by atomic mass is 10.1. The van der Waals surface area contributed by atoms with Crippen LogP contribution in [0.4, 0.5) is 14.5 Å². The molecule has 1 unspecified atom stereocenters. The van der Waals surface area contributed by atoms with Crippen LogP contribution in [0.3, 0.4) is 0 Å². The van der Waals surface area contributed by atoms with Crippen molar-refractivity contribution < 1.29 is 21.9 Å². The van der Waals surface area contributed by atoms with Gasteiger partial charge in [0.05, 0.1) is 11.9 Å². The molecule has 1 heterocycles. The molecule has 1 aliphatic rings. The first-order valence-corrected chi connectivity index (χ1v) is 8.14. The lowest BCUT2D eigenvalue weighted by Crippen LogP contribution is -2.14. The van der Waals surface area contributed by atoms with Gasteiger partial charge in [-0.3, -0.25) is 0 Å². The number of anilines is 1. The number of halogens is 2. The third kappa shape index (κ3) is 3.46. The van der Waals surface area contributed by atoms with Crippen LogP contribution in [0.2, 0.25) is 0 Å². The largest absolute Gasteiger partial charge is 0.399 e. The molecule has 20 heavy (non-hydrogen) atoms. The molecule has 2 rings (SSSR count). The molecule has 1 fully saturated rings. The van der Waals surface area contributed by atoms with Gasteiger partial charge >= 0.3 is 0 Å². The van der Waals surface area contributed by atoms with Crippen molar-refractivity contribution in [3.05, 3.63) is 23.8 Å². The molecule has 0 amide bonds. The van der Waals surface area contributed by atoms with E-state index in [2.05, 4.69) is 0 Å². The zero-order valence-electron chi connectivity index (χ0n) is 10.9. The third-order valence-corrected chi connectivity index (χ3v) is 5.13. The molecule has 1 atom stereocenters. The number of nitrogen functional groups attached to an aromatic ring is 1. The highest BCUT2D eigenvalue weighted by Gasteiger charge is 2.25. The van der Waals surface area contributed by atoms with E-state index < -0.39 is 26.4 Å². The molecule has 0 spiro atoms. The van der Waals surface area contributed by atoms with Gasteiger partial charge in [0.1, 0.15) is 16.5 Å². The lowest BCUT2D eigenvalue weighted by Gasteiger charge is -2.10. The van der Waals surface area contributed by atoms with Gasteiger partial charge in [-0.1, -0.05) is 0 Å². The Kier molecular flexibility index (Phi) is 4.59. The maximum atomic E-state index is 13.6. The Hall–Kier alpha value is -1.21. The SMILES string of the molecule is Nc1cc(F)c(S(=O)(=O)CCCC2CCCO2)c(F)c1. The minimum atomic E-state index is -3.99. The molecule has 4 nitrogen and oxygen atoms in total. The zero-order valence-corrected chi connectivity index (χ0v) is 11.8. The molecule has 1 aromatic rings. The summed E-state index contributed by atoms with van der Waals surface area (Å²) in [5, 5.41) is 0. The Bertz CT molecular complexity index is 560. The summed E-state index contributed by atoms with van der Waals surface area (Å²) in [6.45, 7) is 0.693. The average Bonchev–Trinajstić information content (AvgIpc) is 2.79. The van der Waals surface area contributed by atoms with E-state index in [1.165, 1.54) is 0 Å². The topological polar surface area (TPSA) is 69.4 Å². The van der Waals surface area contributed by atoms with Gasteiger partial charge in [0.25, 0.3) is 0 Å². The minimum Gasteiger partial charge on any atom is -0.399 e. The summed E-state index contributed by atoms with van der Waals surface area (Å²) < 4.78 is 56.6. The average molecular weight is 305 g/mol. The fraction of sp³-hybridized carbons (Fsp3) is 0.538. The van der Waals surface area contributed by atoms with Crippen molar-refractivity contribution in [3.8, 4) is 0 Å². The maximum Gasteiger partial charge on any atom is 0.184 e. The second kappa shape index (κ2) is 6.05. The van der Waals surface area contributed by atoms with Crippen LogP contribution < -0.4 is 5.73 Å². The smallest absolute Gasteiger partial charge is 0.184 e. The number of nitrogens with two attached hydrogens (primary N) is 1. The Balaban J connectivity index is 2.06. The van der Waals surface area contributed by atoms with Gasteiger partial charge < -0.3 is 10.5 Å². The summed E-state index contributed by atoms with van der Waals surface area (Å²) in [5.41, 5.74) is 5.12. The Morgan fingerprint density at radius 3 is 2.50 bits per heavy atom. The molecule has 0 saturated carbocycles. The van der Waals surface area contributed by atoms with Gasteiger partial charge in [-0.05, 0) is 37.8 Å². The van der Waals surface area contributed by atoms with Gasteiger partial charge in [-0.2, -0.15) is 0 Å². The number of hydrogen-bond donors (Lipinski definition) is 1. The molecule has 1 aliphatic heterocycles. The van der Waals surface area contributed by atoms with E-state index in [-0.39, 0.29) is 17.5 Å². The Morgan fingerprint density at radius 2 is 1.95 bits per heavy atom. The first-order valence-electron chi connectivity index (χ1n) is 6.49. The van der Waals surface area contributed by atoms with E-state index in [1.54, 1.807) is 0 Å². The molecule has 1 aromatic carbocycles. The maximum absolute atomic E-state index is 13.6. The van der Waals surface area contributed by atoms with Crippen molar-refractivity contribution >= 4 is 15.5 Å². The highest BCUT2D eigenvalue weighted by Crippen LogP contribution is 2.24. The molecule has 1 saturated heterocycles. The molecule has 2 N–H and O–H groups in total. The summed E-state index contributed by atoms with van der Waals surface area (Å²) in [7, 11) is -3.99. The number of ether oxygens (including phenoxy) is 1. The highest BCUT2D eigenvalue weighted by molar-refractivity contribution is 7.91.